The van der Waals surface area contributed by atoms with Crippen LogP contribution in [0, 0.1) is 29.6 Å². The number of rotatable bonds is 3. The van der Waals surface area contributed by atoms with E-state index in [4.69, 9.17) is 9.47 Å². The average molecular weight is 461 g/mol. The second-order valence-electron chi connectivity index (χ2n) is 11.9. The van der Waals surface area contributed by atoms with Crippen molar-refractivity contribution in [3.63, 3.8) is 0 Å². The quantitative estimate of drug-likeness (QED) is 0.452. The lowest BCUT2D eigenvalue weighted by Gasteiger charge is -2.37. The van der Waals surface area contributed by atoms with Crippen LogP contribution in [0.15, 0.2) is 30.0 Å². The van der Waals surface area contributed by atoms with Crippen LogP contribution in [-0.4, -0.2) is 13.2 Å². The fourth-order valence-electron chi connectivity index (χ4n) is 7.96. The van der Waals surface area contributed by atoms with Gasteiger partial charge in [-0.05, 0) is 98.3 Å². The minimum atomic E-state index is 0.496. The highest BCUT2D eigenvalue weighted by Gasteiger charge is 2.37. The lowest BCUT2D eigenvalue weighted by atomic mass is 9.69. The number of hydrogen-bond donors (Lipinski definition) is 0. The van der Waals surface area contributed by atoms with E-state index < -0.39 is 0 Å². The molecule has 1 aromatic carbocycles. The Kier molecular flexibility index (Phi) is 6.77. The normalized spacial score (nSPS) is 33.1. The van der Waals surface area contributed by atoms with Gasteiger partial charge in [0.15, 0.2) is 0 Å². The Morgan fingerprint density at radius 1 is 0.824 bits per heavy atom. The molecule has 2 saturated carbocycles. The zero-order chi connectivity index (χ0) is 22.9. The van der Waals surface area contributed by atoms with Crippen molar-refractivity contribution in [2.24, 2.45) is 29.6 Å². The first-order chi connectivity index (χ1) is 16.8. The Morgan fingerprint density at radius 2 is 1.65 bits per heavy atom. The van der Waals surface area contributed by atoms with Crippen molar-refractivity contribution in [2.45, 2.75) is 96.8 Å². The maximum atomic E-state index is 6.82. The second kappa shape index (κ2) is 10.1. The van der Waals surface area contributed by atoms with Crippen molar-refractivity contribution in [3.8, 4) is 5.75 Å². The van der Waals surface area contributed by atoms with Crippen LogP contribution in [0.25, 0.3) is 5.57 Å². The molecule has 1 aliphatic heterocycles. The van der Waals surface area contributed by atoms with Gasteiger partial charge in [-0.3, -0.25) is 0 Å². The highest BCUT2D eigenvalue weighted by molar-refractivity contribution is 5.80. The lowest BCUT2D eigenvalue weighted by Crippen LogP contribution is -2.29. The molecule has 1 aromatic rings. The molecule has 0 radical (unpaired) electrons. The van der Waals surface area contributed by atoms with Crippen molar-refractivity contribution in [1.29, 1.82) is 0 Å². The SMILES string of the molecule is CCCC1CCC(C2COC3=C(c4c(ccc5c4CCCC5)OC2)C2CCCCC2C=C3)CC1. The van der Waals surface area contributed by atoms with E-state index in [0.29, 0.717) is 17.8 Å². The van der Waals surface area contributed by atoms with Crippen LogP contribution in [0.5, 0.6) is 5.75 Å². The summed E-state index contributed by atoms with van der Waals surface area (Å²) in [5.41, 5.74) is 6.10. The van der Waals surface area contributed by atoms with Crippen molar-refractivity contribution >= 4 is 5.57 Å². The van der Waals surface area contributed by atoms with Crippen LogP contribution in [0.2, 0.25) is 0 Å². The summed E-state index contributed by atoms with van der Waals surface area (Å²) in [6.07, 6.45) is 23.5. The molecule has 2 fully saturated rings. The van der Waals surface area contributed by atoms with Crippen molar-refractivity contribution in [2.75, 3.05) is 13.2 Å². The third-order valence-electron chi connectivity index (χ3n) is 9.88. The molecule has 1 heterocycles. The predicted molar refractivity (Wildman–Crippen MR) is 140 cm³/mol. The third kappa shape index (κ3) is 4.35. The molecule has 0 bridgehead atoms. The third-order valence-corrected chi connectivity index (χ3v) is 9.88. The monoisotopic (exact) mass is 460 g/mol. The molecule has 184 valence electrons. The zero-order valence-electron chi connectivity index (χ0n) is 21.3. The maximum absolute atomic E-state index is 6.82. The van der Waals surface area contributed by atoms with Crippen LogP contribution in [0.3, 0.4) is 0 Å². The van der Waals surface area contributed by atoms with Gasteiger partial charge in [-0.25, -0.2) is 0 Å². The number of benzene rings is 1. The second-order valence-corrected chi connectivity index (χ2v) is 11.9. The van der Waals surface area contributed by atoms with Gasteiger partial charge in [-0.15, -0.1) is 0 Å². The van der Waals surface area contributed by atoms with Gasteiger partial charge in [-0.1, -0.05) is 57.6 Å². The summed E-state index contributed by atoms with van der Waals surface area (Å²) in [5.74, 6) is 5.80. The van der Waals surface area contributed by atoms with E-state index in [-0.39, 0.29) is 0 Å². The Bertz CT molecular complexity index is 933. The Balaban J connectivity index is 1.35. The Labute approximate surface area is 207 Å². The number of aryl methyl sites for hydroxylation is 1. The van der Waals surface area contributed by atoms with E-state index in [9.17, 15) is 0 Å². The van der Waals surface area contributed by atoms with Crippen molar-refractivity contribution in [3.05, 3.63) is 46.7 Å². The number of hydrogen-bond acceptors (Lipinski definition) is 2. The van der Waals surface area contributed by atoms with Gasteiger partial charge in [0.25, 0.3) is 0 Å². The molecular weight excluding hydrogens is 416 g/mol. The zero-order valence-corrected chi connectivity index (χ0v) is 21.3. The molecule has 0 aromatic heterocycles. The van der Waals surface area contributed by atoms with Crippen LogP contribution >= 0.6 is 0 Å². The summed E-state index contributed by atoms with van der Waals surface area (Å²) in [6, 6.07) is 4.70. The first-order valence-electron chi connectivity index (χ1n) is 14.6. The molecule has 0 spiro atoms. The summed E-state index contributed by atoms with van der Waals surface area (Å²) in [7, 11) is 0. The Hall–Kier alpha value is -1.70. The van der Waals surface area contributed by atoms with E-state index in [1.165, 1.54) is 107 Å². The predicted octanol–water partition coefficient (Wildman–Crippen LogP) is 8.28. The fourth-order valence-corrected chi connectivity index (χ4v) is 7.96. The molecular formula is C32H44O2. The maximum Gasteiger partial charge on any atom is 0.127 e. The lowest BCUT2D eigenvalue weighted by molar-refractivity contribution is 0.0727. The molecule has 3 unspecified atom stereocenters. The van der Waals surface area contributed by atoms with Crippen LogP contribution < -0.4 is 4.74 Å². The van der Waals surface area contributed by atoms with Crippen LogP contribution in [-0.2, 0) is 17.6 Å². The van der Waals surface area contributed by atoms with Crippen LogP contribution in [0.4, 0.5) is 0 Å². The summed E-state index contributed by atoms with van der Waals surface area (Å²) in [5, 5.41) is 0. The largest absolute Gasteiger partial charge is 0.493 e. The topological polar surface area (TPSA) is 18.5 Å². The molecule has 5 aliphatic rings. The van der Waals surface area contributed by atoms with Crippen molar-refractivity contribution in [1.82, 2.24) is 0 Å². The van der Waals surface area contributed by atoms with Gasteiger partial charge >= 0.3 is 0 Å². The van der Waals surface area contributed by atoms with Gasteiger partial charge in [-0.2, -0.15) is 0 Å². The average Bonchev–Trinajstić information content (AvgIpc) is 2.97. The van der Waals surface area contributed by atoms with E-state index >= 15 is 0 Å². The molecule has 2 heteroatoms. The van der Waals surface area contributed by atoms with Gasteiger partial charge in [0.1, 0.15) is 11.5 Å². The molecule has 6 rings (SSSR count). The van der Waals surface area contributed by atoms with Crippen LogP contribution in [0.1, 0.15) is 101 Å². The van der Waals surface area contributed by atoms with E-state index in [0.717, 1.165) is 30.8 Å². The molecule has 34 heavy (non-hydrogen) atoms. The molecule has 0 amide bonds. The summed E-state index contributed by atoms with van der Waals surface area (Å²) >= 11 is 0. The molecule has 0 N–H and O–H groups in total. The summed E-state index contributed by atoms with van der Waals surface area (Å²) in [4.78, 5) is 0. The minimum Gasteiger partial charge on any atom is -0.493 e. The number of ether oxygens (including phenoxy) is 2. The van der Waals surface area contributed by atoms with Crippen molar-refractivity contribution < 1.29 is 9.47 Å². The first kappa shape index (κ1) is 22.7. The smallest absolute Gasteiger partial charge is 0.127 e. The molecule has 2 nitrogen and oxygen atoms in total. The first-order valence-corrected chi connectivity index (χ1v) is 14.6. The van der Waals surface area contributed by atoms with Gasteiger partial charge in [0.05, 0.1) is 13.2 Å². The number of fused-ring (bicyclic) bond motifs is 6. The standard InChI is InChI=1S/C32H44O2/c1-2-7-22-12-14-23(15-13-22)26-20-33-29-18-16-24-8-3-5-10-27(24)31(29)32-28-11-6-4-9-25(28)17-19-30(32)34-21-26/h16-19,22-24,26-27H,2-15,20-21H2,1H3. The number of allylic oxidation sites excluding steroid dienone is 3. The van der Waals surface area contributed by atoms with E-state index in [1.54, 1.807) is 11.1 Å². The summed E-state index contributed by atoms with van der Waals surface area (Å²) in [6.45, 7) is 3.97. The summed E-state index contributed by atoms with van der Waals surface area (Å²) < 4.78 is 13.6. The van der Waals surface area contributed by atoms with Gasteiger partial charge < -0.3 is 9.47 Å². The molecule has 3 atom stereocenters. The highest BCUT2D eigenvalue weighted by Crippen LogP contribution is 2.50. The Morgan fingerprint density at radius 3 is 2.53 bits per heavy atom. The van der Waals surface area contributed by atoms with E-state index in [1.807, 2.05) is 0 Å². The molecule has 0 saturated heterocycles. The van der Waals surface area contributed by atoms with Gasteiger partial charge in [0, 0.05) is 17.1 Å². The minimum absolute atomic E-state index is 0.496. The van der Waals surface area contributed by atoms with Gasteiger partial charge in [0.2, 0.25) is 0 Å². The van der Waals surface area contributed by atoms with E-state index in [2.05, 4.69) is 31.2 Å². The highest BCUT2D eigenvalue weighted by atomic mass is 16.5. The fraction of sp³-hybridized carbons (Fsp3) is 0.688. The molecule has 4 aliphatic carbocycles.